The number of hydrogen-bond acceptors (Lipinski definition) is 6. The van der Waals surface area contributed by atoms with Crippen LogP contribution in [0.15, 0.2) is 36.9 Å². The predicted octanol–water partition coefficient (Wildman–Crippen LogP) is 1.60. The summed E-state index contributed by atoms with van der Waals surface area (Å²) in [6.07, 6.45) is 6.54. The van der Waals surface area contributed by atoms with Crippen LogP contribution in [-0.2, 0) is 6.54 Å². The van der Waals surface area contributed by atoms with Gasteiger partial charge in [-0.25, -0.2) is 4.68 Å². The first-order chi connectivity index (χ1) is 10.2. The lowest BCUT2D eigenvalue weighted by atomic mass is 10.2. The van der Waals surface area contributed by atoms with Crippen molar-refractivity contribution in [1.82, 2.24) is 25.3 Å². The molecule has 7 heteroatoms. The maximum Gasteiger partial charge on any atom is 0.0861 e. The number of thiophene rings is 1. The number of rotatable bonds is 6. The molecule has 110 valence electrons. The fourth-order valence-corrected chi connectivity index (χ4v) is 3.20. The Morgan fingerprint density at radius 1 is 1.43 bits per heavy atom. The molecule has 0 aliphatic carbocycles. The molecule has 0 saturated carbocycles. The molecule has 21 heavy (non-hydrogen) atoms. The molecule has 0 spiro atoms. The summed E-state index contributed by atoms with van der Waals surface area (Å²) in [5.41, 5.74) is 0. The van der Waals surface area contributed by atoms with Crippen LogP contribution in [0.25, 0.3) is 10.1 Å². The molecule has 0 amide bonds. The average Bonchev–Trinajstić information content (AvgIpc) is 3.13. The first-order valence-electron chi connectivity index (χ1n) is 6.81. The van der Waals surface area contributed by atoms with E-state index in [-0.39, 0.29) is 6.04 Å². The highest BCUT2D eigenvalue weighted by Crippen LogP contribution is 2.28. The van der Waals surface area contributed by atoms with Crippen LogP contribution in [0, 0.1) is 0 Å². The molecule has 3 aromatic rings. The van der Waals surface area contributed by atoms with Gasteiger partial charge in [-0.1, -0.05) is 5.21 Å². The van der Waals surface area contributed by atoms with Gasteiger partial charge in [-0.3, -0.25) is 4.98 Å². The van der Waals surface area contributed by atoms with E-state index in [1.807, 2.05) is 12.3 Å². The lowest BCUT2D eigenvalue weighted by Crippen LogP contribution is -2.31. The molecule has 0 fully saturated rings. The number of aliphatic hydroxyl groups is 1. The highest BCUT2D eigenvalue weighted by molar-refractivity contribution is 7.19. The van der Waals surface area contributed by atoms with Crippen LogP contribution in [0.4, 0.5) is 0 Å². The Morgan fingerprint density at radius 2 is 2.33 bits per heavy atom. The van der Waals surface area contributed by atoms with Crippen molar-refractivity contribution in [2.45, 2.75) is 25.6 Å². The van der Waals surface area contributed by atoms with Gasteiger partial charge in [0.1, 0.15) is 0 Å². The zero-order chi connectivity index (χ0) is 14.7. The van der Waals surface area contributed by atoms with Crippen molar-refractivity contribution in [3.05, 3.63) is 41.8 Å². The summed E-state index contributed by atoms with van der Waals surface area (Å²) in [5, 5.41) is 22.1. The molecule has 2 N–H and O–H groups in total. The highest BCUT2D eigenvalue weighted by atomic mass is 32.1. The minimum Gasteiger partial charge on any atom is -0.390 e. The third-order valence-electron chi connectivity index (χ3n) is 3.30. The van der Waals surface area contributed by atoms with Gasteiger partial charge in [-0.2, -0.15) is 0 Å². The maximum atomic E-state index is 10.00. The molecule has 3 rings (SSSR count). The summed E-state index contributed by atoms with van der Waals surface area (Å²) < 4.78 is 2.81. The minimum absolute atomic E-state index is 0.188. The van der Waals surface area contributed by atoms with Gasteiger partial charge < -0.3 is 10.4 Å². The van der Waals surface area contributed by atoms with Gasteiger partial charge in [0, 0.05) is 36.1 Å². The molecule has 3 aromatic heterocycles. The van der Waals surface area contributed by atoms with Gasteiger partial charge in [0.2, 0.25) is 0 Å². The van der Waals surface area contributed by atoms with Crippen LogP contribution in [0.3, 0.4) is 0 Å². The van der Waals surface area contributed by atoms with Gasteiger partial charge in [0.25, 0.3) is 0 Å². The van der Waals surface area contributed by atoms with Crippen LogP contribution in [-0.4, -0.2) is 37.7 Å². The SMILES string of the molecule is CC(NCC(O)Cn1ccnn1)c1cc2ccncc2s1. The summed E-state index contributed by atoms with van der Waals surface area (Å²) >= 11 is 1.73. The quantitative estimate of drug-likeness (QED) is 0.723. The Hall–Kier alpha value is -1.83. The van der Waals surface area contributed by atoms with Crippen molar-refractivity contribution in [2.75, 3.05) is 6.54 Å². The topological polar surface area (TPSA) is 75.9 Å². The first kappa shape index (κ1) is 14.1. The minimum atomic E-state index is -0.495. The van der Waals surface area contributed by atoms with Gasteiger partial charge in [-0.15, -0.1) is 16.4 Å². The van der Waals surface area contributed by atoms with E-state index in [1.165, 1.54) is 15.0 Å². The number of fused-ring (bicyclic) bond motifs is 1. The molecular weight excluding hydrogens is 286 g/mol. The summed E-state index contributed by atoms with van der Waals surface area (Å²) in [4.78, 5) is 5.38. The number of pyridine rings is 1. The first-order valence-corrected chi connectivity index (χ1v) is 7.63. The average molecular weight is 303 g/mol. The van der Waals surface area contributed by atoms with E-state index >= 15 is 0 Å². The maximum absolute atomic E-state index is 10.00. The second-order valence-corrected chi connectivity index (χ2v) is 6.09. The smallest absolute Gasteiger partial charge is 0.0861 e. The molecule has 3 heterocycles. The van der Waals surface area contributed by atoms with Crippen LogP contribution in [0.2, 0.25) is 0 Å². The van der Waals surface area contributed by atoms with E-state index in [1.54, 1.807) is 34.6 Å². The Morgan fingerprint density at radius 3 is 3.10 bits per heavy atom. The van der Waals surface area contributed by atoms with Crippen molar-refractivity contribution in [2.24, 2.45) is 0 Å². The normalized spacial score (nSPS) is 14.4. The Labute approximate surface area is 126 Å². The number of aromatic nitrogens is 4. The van der Waals surface area contributed by atoms with E-state index < -0.39 is 6.10 Å². The Balaban J connectivity index is 1.57. The van der Waals surface area contributed by atoms with Gasteiger partial charge in [-0.05, 0) is 24.4 Å². The fraction of sp³-hybridized carbons (Fsp3) is 0.357. The molecule has 0 aliphatic rings. The molecule has 0 aliphatic heterocycles. The highest BCUT2D eigenvalue weighted by Gasteiger charge is 2.12. The predicted molar refractivity (Wildman–Crippen MR) is 82.1 cm³/mol. The van der Waals surface area contributed by atoms with E-state index in [0.29, 0.717) is 13.1 Å². The third-order valence-corrected chi connectivity index (χ3v) is 4.57. The molecule has 6 nitrogen and oxygen atoms in total. The third kappa shape index (κ3) is 3.44. The van der Waals surface area contributed by atoms with E-state index in [0.717, 1.165) is 0 Å². The zero-order valence-corrected chi connectivity index (χ0v) is 12.5. The molecule has 0 bridgehead atoms. The van der Waals surface area contributed by atoms with Crippen molar-refractivity contribution in [3.8, 4) is 0 Å². The van der Waals surface area contributed by atoms with Gasteiger partial charge in [0.15, 0.2) is 0 Å². The van der Waals surface area contributed by atoms with Crippen LogP contribution < -0.4 is 5.32 Å². The summed E-state index contributed by atoms with van der Waals surface area (Å²) in [6, 6.07) is 4.37. The van der Waals surface area contributed by atoms with Crippen molar-refractivity contribution in [3.63, 3.8) is 0 Å². The summed E-state index contributed by atoms with van der Waals surface area (Å²) in [5.74, 6) is 0. The van der Waals surface area contributed by atoms with Crippen LogP contribution in [0.1, 0.15) is 17.8 Å². The largest absolute Gasteiger partial charge is 0.390 e. The number of aliphatic hydroxyl groups excluding tert-OH is 1. The monoisotopic (exact) mass is 303 g/mol. The fourth-order valence-electron chi connectivity index (χ4n) is 2.14. The Kier molecular flexibility index (Phi) is 4.23. The van der Waals surface area contributed by atoms with E-state index in [2.05, 4.69) is 33.6 Å². The van der Waals surface area contributed by atoms with Crippen molar-refractivity contribution in [1.29, 1.82) is 0 Å². The lowest BCUT2D eigenvalue weighted by molar-refractivity contribution is 0.143. The summed E-state index contributed by atoms with van der Waals surface area (Å²) in [7, 11) is 0. The summed E-state index contributed by atoms with van der Waals surface area (Å²) in [6.45, 7) is 3.05. The molecule has 2 atom stereocenters. The van der Waals surface area contributed by atoms with Gasteiger partial charge >= 0.3 is 0 Å². The standard InChI is InChI=1S/C14H17N5OS/c1-10(13-6-11-2-3-15-8-14(11)21-13)16-7-12(20)9-19-5-4-17-18-19/h2-6,8,10,12,16,20H,7,9H2,1H3. The zero-order valence-electron chi connectivity index (χ0n) is 11.7. The number of nitrogens with zero attached hydrogens (tertiary/aromatic N) is 4. The van der Waals surface area contributed by atoms with E-state index in [9.17, 15) is 5.11 Å². The number of hydrogen-bond donors (Lipinski definition) is 2. The second-order valence-electron chi connectivity index (χ2n) is 4.97. The lowest BCUT2D eigenvalue weighted by Gasteiger charge is -2.16. The van der Waals surface area contributed by atoms with Gasteiger partial charge in [0.05, 0.1) is 23.5 Å². The van der Waals surface area contributed by atoms with Crippen LogP contribution >= 0.6 is 11.3 Å². The second kappa shape index (κ2) is 6.30. The number of nitrogens with one attached hydrogen (secondary N) is 1. The molecule has 2 unspecified atom stereocenters. The molecular formula is C14H17N5OS. The molecule has 0 aromatic carbocycles. The van der Waals surface area contributed by atoms with Crippen molar-refractivity contribution >= 4 is 21.4 Å². The molecule has 0 saturated heterocycles. The Bertz CT molecular complexity index is 663. The van der Waals surface area contributed by atoms with Crippen LogP contribution in [0.5, 0.6) is 0 Å². The van der Waals surface area contributed by atoms with Crippen molar-refractivity contribution < 1.29 is 5.11 Å². The molecule has 0 radical (unpaired) electrons. The van der Waals surface area contributed by atoms with E-state index in [4.69, 9.17) is 0 Å².